The molecule has 1 heterocycles. The smallest absolute Gasteiger partial charge is 0.292 e. The molecule has 0 aliphatic carbocycles. The van der Waals surface area contributed by atoms with Gasteiger partial charge in [0.25, 0.3) is 6.01 Å². The average Bonchev–Trinajstić information content (AvgIpc) is 2.14. The fraction of sp³-hybridized carbons (Fsp3) is 0. The van der Waals surface area contributed by atoms with Crippen LogP contribution >= 0.6 is 0 Å². The highest BCUT2D eigenvalue weighted by atomic mass is 16.4. The molecule has 0 aliphatic heterocycles. The molecule has 0 spiro atoms. The van der Waals surface area contributed by atoms with E-state index in [0.717, 1.165) is 0 Å². The topological polar surface area (TPSA) is 69.1 Å². The molecule has 1 aromatic rings. The van der Waals surface area contributed by atoms with Gasteiger partial charge in [0.05, 0.1) is 0 Å². The molecule has 0 unspecified atom stereocenters. The summed E-state index contributed by atoms with van der Waals surface area (Å²) in [6.07, 6.45) is 1.77. The van der Waals surface area contributed by atoms with Crippen LogP contribution in [0.25, 0.3) is 0 Å². The number of nitrogens with two attached hydrogens (primary N) is 1. The van der Waals surface area contributed by atoms with Gasteiger partial charge in [-0.05, 0) is 0 Å². The van der Waals surface area contributed by atoms with E-state index in [4.69, 9.17) is 5.73 Å². The first-order chi connectivity index (χ1) is 3.83. The average molecular weight is 112 g/mol. The van der Waals surface area contributed by atoms with Crippen LogP contribution in [0.1, 0.15) is 10.5 Å². The molecule has 4 nitrogen and oxygen atoms in total. The summed E-state index contributed by atoms with van der Waals surface area (Å²) in [6.45, 7) is 0. The van der Waals surface area contributed by atoms with Crippen molar-refractivity contribution in [3.63, 3.8) is 0 Å². The standard InChI is InChI=1S/C4H4N2O2/c5-4-6-3(1-7)2-8-4/h1-2H,(H2,5,6). The van der Waals surface area contributed by atoms with E-state index in [2.05, 4.69) is 9.40 Å². The van der Waals surface area contributed by atoms with Crippen molar-refractivity contribution in [2.24, 2.45) is 0 Å². The Hall–Kier alpha value is -1.32. The van der Waals surface area contributed by atoms with E-state index in [0.29, 0.717) is 6.29 Å². The summed E-state index contributed by atoms with van der Waals surface area (Å²) in [4.78, 5) is 13.3. The maximum atomic E-state index is 9.84. The quantitative estimate of drug-likeness (QED) is 0.522. The Bertz CT molecular complexity index is 194. The van der Waals surface area contributed by atoms with E-state index in [-0.39, 0.29) is 11.7 Å². The van der Waals surface area contributed by atoms with E-state index in [9.17, 15) is 4.79 Å². The third kappa shape index (κ3) is 0.676. The van der Waals surface area contributed by atoms with E-state index in [1.165, 1.54) is 6.26 Å². The van der Waals surface area contributed by atoms with Crippen LogP contribution in [0.3, 0.4) is 0 Å². The van der Waals surface area contributed by atoms with Crippen LogP contribution in [0, 0.1) is 0 Å². The van der Waals surface area contributed by atoms with E-state index in [1.807, 2.05) is 0 Å². The van der Waals surface area contributed by atoms with Gasteiger partial charge < -0.3 is 10.2 Å². The number of anilines is 1. The van der Waals surface area contributed by atoms with Crippen molar-refractivity contribution in [1.82, 2.24) is 4.98 Å². The van der Waals surface area contributed by atoms with Crippen molar-refractivity contribution in [2.45, 2.75) is 0 Å². The molecule has 2 N–H and O–H groups in total. The molecule has 0 bridgehead atoms. The Morgan fingerprint density at radius 1 is 1.88 bits per heavy atom. The first-order valence-corrected chi connectivity index (χ1v) is 1.99. The molecule has 0 radical (unpaired) electrons. The van der Waals surface area contributed by atoms with Crippen molar-refractivity contribution in [3.05, 3.63) is 12.0 Å². The molecule has 0 fully saturated rings. The minimum atomic E-state index is 0.0205. The Morgan fingerprint density at radius 2 is 2.62 bits per heavy atom. The van der Waals surface area contributed by atoms with Crippen molar-refractivity contribution < 1.29 is 9.21 Å². The molecule has 42 valence electrons. The molecular formula is C4H4N2O2. The number of hydrogen-bond acceptors (Lipinski definition) is 4. The lowest BCUT2D eigenvalue weighted by molar-refractivity contribution is 0.111. The minimum Gasteiger partial charge on any atom is -0.432 e. The Kier molecular flexibility index (Phi) is 0.997. The number of nitrogen functional groups attached to an aromatic ring is 1. The van der Waals surface area contributed by atoms with Crippen LogP contribution in [-0.4, -0.2) is 11.3 Å². The number of carbonyl (C=O) groups is 1. The second-order valence-electron chi connectivity index (χ2n) is 1.23. The van der Waals surface area contributed by atoms with Gasteiger partial charge in [-0.2, -0.15) is 4.98 Å². The largest absolute Gasteiger partial charge is 0.432 e. The summed E-state index contributed by atoms with van der Waals surface area (Å²) in [7, 11) is 0. The lowest BCUT2D eigenvalue weighted by Gasteiger charge is -1.69. The molecule has 1 rings (SSSR count). The first kappa shape index (κ1) is 4.83. The van der Waals surface area contributed by atoms with E-state index in [1.54, 1.807) is 0 Å². The first-order valence-electron chi connectivity index (χ1n) is 1.99. The molecule has 8 heavy (non-hydrogen) atoms. The summed E-state index contributed by atoms with van der Waals surface area (Å²) < 4.78 is 4.49. The van der Waals surface area contributed by atoms with Crippen molar-refractivity contribution in [3.8, 4) is 0 Å². The number of aldehydes is 1. The number of rotatable bonds is 1. The number of hydrogen-bond donors (Lipinski definition) is 1. The van der Waals surface area contributed by atoms with Gasteiger partial charge in [-0.25, -0.2) is 0 Å². The van der Waals surface area contributed by atoms with Crippen LogP contribution in [-0.2, 0) is 0 Å². The predicted octanol–water partition coefficient (Wildman–Crippen LogP) is 0.0693. The third-order valence-electron chi connectivity index (χ3n) is 0.660. The van der Waals surface area contributed by atoms with Gasteiger partial charge in [0.1, 0.15) is 12.0 Å². The summed E-state index contributed by atoms with van der Waals surface area (Å²) in [5.41, 5.74) is 5.24. The molecule has 0 aromatic carbocycles. The SMILES string of the molecule is Nc1nc(C=O)co1. The minimum absolute atomic E-state index is 0.0205. The van der Waals surface area contributed by atoms with Crippen LogP contribution in [0.5, 0.6) is 0 Å². The van der Waals surface area contributed by atoms with Gasteiger partial charge in [0.2, 0.25) is 0 Å². The lowest BCUT2D eigenvalue weighted by atomic mass is 10.6. The third-order valence-corrected chi connectivity index (χ3v) is 0.660. The van der Waals surface area contributed by atoms with E-state index < -0.39 is 0 Å². The Balaban J connectivity index is 3.00. The fourth-order valence-electron chi connectivity index (χ4n) is 0.355. The maximum absolute atomic E-state index is 9.84. The molecule has 0 atom stereocenters. The normalized spacial score (nSPS) is 9.00. The van der Waals surface area contributed by atoms with Gasteiger partial charge in [-0.3, -0.25) is 4.79 Å². The molecule has 0 saturated carbocycles. The number of aromatic nitrogens is 1. The zero-order chi connectivity index (χ0) is 5.98. The number of nitrogens with zero attached hydrogens (tertiary/aromatic N) is 1. The van der Waals surface area contributed by atoms with Crippen LogP contribution in [0.2, 0.25) is 0 Å². The van der Waals surface area contributed by atoms with Gasteiger partial charge in [0.15, 0.2) is 6.29 Å². The van der Waals surface area contributed by atoms with Crippen LogP contribution in [0.4, 0.5) is 6.01 Å². The number of oxazole rings is 1. The van der Waals surface area contributed by atoms with Crippen molar-refractivity contribution in [1.29, 1.82) is 0 Å². The molecule has 0 saturated heterocycles. The highest BCUT2D eigenvalue weighted by Gasteiger charge is 1.94. The second kappa shape index (κ2) is 1.65. The molecule has 0 aliphatic rings. The molecule has 1 aromatic heterocycles. The second-order valence-corrected chi connectivity index (χ2v) is 1.23. The maximum Gasteiger partial charge on any atom is 0.292 e. The molecule has 4 heteroatoms. The Morgan fingerprint density at radius 3 is 2.88 bits per heavy atom. The monoisotopic (exact) mass is 112 g/mol. The predicted molar refractivity (Wildman–Crippen MR) is 26.3 cm³/mol. The van der Waals surface area contributed by atoms with Gasteiger partial charge in [0, 0.05) is 0 Å². The van der Waals surface area contributed by atoms with Gasteiger partial charge >= 0.3 is 0 Å². The summed E-state index contributed by atoms with van der Waals surface area (Å²) in [6, 6.07) is 0.0205. The Labute approximate surface area is 45.3 Å². The number of carbonyl (C=O) groups excluding carboxylic acids is 1. The summed E-state index contributed by atoms with van der Waals surface area (Å²) >= 11 is 0. The van der Waals surface area contributed by atoms with E-state index >= 15 is 0 Å². The summed E-state index contributed by atoms with van der Waals surface area (Å²) in [5.74, 6) is 0. The highest BCUT2D eigenvalue weighted by Crippen LogP contribution is 1.98. The zero-order valence-corrected chi connectivity index (χ0v) is 4.00. The molecular weight excluding hydrogens is 108 g/mol. The van der Waals surface area contributed by atoms with Crippen LogP contribution < -0.4 is 5.73 Å². The molecule has 0 amide bonds. The highest BCUT2D eigenvalue weighted by molar-refractivity contribution is 5.71. The fourth-order valence-corrected chi connectivity index (χ4v) is 0.355. The van der Waals surface area contributed by atoms with Crippen molar-refractivity contribution in [2.75, 3.05) is 5.73 Å². The summed E-state index contributed by atoms with van der Waals surface area (Å²) in [5, 5.41) is 0. The van der Waals surface area contributed by atoms with Gasteiger partial charge in [-0.1, -0.05) is 0 Å². The lowest BCUT2D eigenvalue weighted by Crippen LogP contribution is -1.83. The van der Waals surface area contributed by atoms with Gasteiger partial charge in [-0.15, -0.1) is 0 Å². The van der Waals surface area contributed by atoms with Crippen molar-refractivity contribution >= 4 is 12.3 Å². The zero-order valence-electron chi connectivity index (χ0n) is 4.00. The van der Waals surface area contributed by atoms with Crippen LogP contribution in [0.15, 0.2) is 10.7 Å².